The van der Waals surface area contributed by atoms with Crippen molar-refractivity contribution in [1.82, 2.24) is 5.32 Å². The zero-order chi connectivity index (χ0) is 8.39. The average molecular weight is 169 g/mol. The zero-order valence-corrected chi connectivity index (χ0v) is 7.88. The SMILES string of the molecule is CCN[C@H]1CCC[C@@H]2OCC[C@H]12. The third-order valence-corrected chi connectivity index (χ3v) is 3.25. The van der Waals surface area contributed by atoms with Crippen LogP contribution in [0.15, 0.2) is 0 Å². The second-order valence-electron chi connectivity index (χ2n) is 3.96. The van der Waals surface area contributed by atoms with Gasteiger partial charge in [0, 0.05) is 18.6 Å². The highest BCUT2D eigenvalue weighted by Gasteiger charge is 2.36. The van der Waals surface area contributed by atoms with Crippen LogP contribution in [-0.4, -0.2) is 25.3 Å². The predicted molar refractivity (Wildman–Crippen MR) is 49.2 cm³/mol. The van der Waals surface area contributed by atoms with Crippen molar-refractivity contribution < 1.29 is 4.74 Å². The van der Waals surface area contributed by atoms with Gasteiger partial charge in [0.2, 0.25) is 0 Å². The van der Waals surface area contributed by atoms with Crippen LogP contribution in [0.1, 0.15) is 32.6 Å². The Bertz CT molecular complexity index is 147. The van der Waals surface area contributed by atoms with E-state index in [2.05, 4.69) is 12.2 Å². The summed E-state index contributed by atoms with van der Waals surface area (Å²) in [5.41, 5.74) is 0. The van der Waals surface area contributed by atoms with Crippen LogP contribution >= 0.6 is 0 Å². The maximum absolute atomic E-state index is 5.69. The summed E-state index contributed by atoms with van der Waals surface area (Å²) in [5, 5.41) is 3.58. The van der Waals surface area contributed by atoms with Gasteiger partial charge in [0.25, 0.3) is 0 Å². The fraction of sp³-hybridized carbons (Fsp3) is 1.00. The molecule has 1 N–H and O–H groups in total. The van der Waals surface area contributed by atoms with Gasteiger partial charge in [-0.2, -0.15) is 0 Å². The van der Waals surface area contributed by atoms with Gasteiger partial charge in [-0.1, -0.05) is 6.92 Å². The van der Waals surface area contributed by atoms with E-state index in [1.807, 2.05) is 0 Å². The highest BCUT2D eigenvalue weighted by molar-refractivity contribution is 4.90. The summed E-state index contributed by atoms with van der Waals surface area (Å²) in [5.74, 6) is 0.818. The Morgan fingerprint density at radius 1 is 1.33 bits per heavy atom. The van der Waals surface area contributed by atoms with Crippen molar-refractivity contribution in [3.63, 3.8) is 0 Å². The van der Waals surface area contributed by atoms with Crippen molar-refractivity contribution in [1.29, 1.82) is 0 Å². The first-order valence-electron chi connectivity index (χ1n) is 5.27. The zero-order valence-electron chi connectivity index (χ0n) is 7.88. The van der Waals surface area contributed by atoms with Gasteiger partial charge in [-0.3, -0.25) is 0 Å². The average Bonchev–Trinajstić information content (AvgIpc) is 2.53. The molecule has 1 aliphatic carbocycles. The Labute approximate surface area is 74.7 Å². The van der Waals surface area contributed by atoms with Crippen LogP contribution in [0.3, 0.4) is 0 Å². The minimum absolute atomic E-state index is 0.586. The molecule has 2 fully saturated rings. The van der Waals surface area contributed by atoms with Crippen molar-refractivity contribution in [2.45, 2.75) is 44.8 Å². The fourth-order valence-corrected chi connectivity index (χ4v) is 2.69. The second-order valence-corrected chi connectivity index (χ2v) is 3.96. The third-order valence-electron chi connectivity index (χ3n) is 3.25. The van der Waals surface area contributed by atoms with Crippen LogP contribution in [0.25, 0.3) is 0 Å². The van der Waals surface area contributed by atoms with Gasteiger partial charge in [0.05, 0.1) is 6.10 Å². The van der Waals surface area contributed by atoms with Crippen molar-refractivity contribution in [2.75, 3.05) is 13.2 Å². The second kappa shape index (κ2) is 3.75. The van der Waals surface area contributed by atoms with Crippen molar-refractivity contribution in [2.24, 2.45) is 5.92 Å². The summed E-state index contributed by atoms with van der Waals surface area (Å²) in [4.78, 5) is 0. The van der Waals surface area contributed by atoms with Gasteiger partial charge < -0.3 is 10.1 Å². The molecule has 0 radical (unpaired) electrons. The maximum atomic E-state index is 5.69. The lowest BCUT2D eigenvalue weighted by Crippen LogP contribution is -2.42. The first kappa shape index (κ1) is 8.52. The van der Waals surface area contributed by atoms with E-state index in [-0.39, 0.29) is 0 Å². The number of rotatable bonds is 2. The molecule has 0 aromatic rings. The van der Waals surface area contributed by atoms with Crippen LogP contribution in [0.4, 0.5) is 0 Å². The van der Waals surface area contributed by atoms with Gasteiger partial charge in [-0.15, -0.1) is 0 Å². The van der Waals surface area contributed by atoms with Gasteiger partial charge in [-0.05, 0) is 32.2 Å². The van der Waals surface area contributed by atoms with E-state index < -0.39 is 0 Å². The smallest absolute Gasteiger partial charge is 0.0619 e. The monoisotopic (exact) mass is 169 g/mol. The van der Waals surface area contributed by atoms with E-state index in [4.69, 9.17) is 4.74 Å². The standard InChI is InChI=1S/C10H19NO/c1-2-11-9-4-3-5-10-8(9)6-7-12-10/h8-11H,2-7H2,1H3/t8-,9+,10+/m1/s1. The van der Waals surface area contributed by atoms with Crippen LogP contribution < -0.4 is 5.32 Å². The minimum atomic E-state index is 0.586. The van der Waals surface area contributed by atoms with Gasteiger partial charge in [-0.25, -0.2) is 0 Å². The summed E-state index contributed by atoms with van der Waals surface area (Å²) >= 11 is 0. The molecule has 3 atom stereocenters. The van der Waals surface area contributed by atoms with Gasteiger partial charge >= 0.3 is 0 Å². The molecule has 1 saturated carbocycles. The molecule has 0 spiro atoms. The number of nitrogens with one attached hydrogen (secondary N) is 1. The first-order chi connectivity index (χ1) is 5.92. The molecule has 70 valence electrons. The first-order valence-corrected chi connectivity index (χ1v) is 5.27. The third kappa shape index (κ3) is 1.50. The summed E-state index contributed by atoms with van der Waals surface area (Å²) in [6.45, 7) is 4.30. The Balaban J connectivity index is 1.94. The van der Waals surface area contributed by atoms with Gasteiger partial charge in [0.1, 0.15) is 0 Å². The quantitative estimate of drug-likeness (QED) is 0.677. The topological polar surface area (TPSA) is 21.3 Å². The lowest BCUT2D eigenvalue weighted by molar-refractivity contribution is 0.0536. The summed E-state index contributed by atoms with van der Waals surface area (Å²) < 4.78 is 5.69. The normalized spacial score (nSPS) is 41.2. The van der Waals surface area contributed by atoms with E-state index >= 15 is 0 Å². The van der Waals surface area contributed by atoms with Crippen LogP contribution in [-0.2, 0) is 4.74 Å². The van der Waals surface area contributed by atoms with Crippen LogP contribution in [0, 0.1) is 5.92 Å². The molecule has 1 heterocycles. The molecule has 0 bridgehead atoms. The molecular formula is C10H19NO. The highest BCUT2D eigenvalue weighted by Crippen LogP contribution is 2.34. The molecule has 0 unspecified atom stereocenters. The van der Waals surface area contributed by atoms with Crippen LogP contribution in [0.5, 0.6) is 0 Å². The Kier molecular flexibility index (Phi) is 2.66. The molecule has 0 amide bonds. The molecule has 0 aromatic heterocycles. The molecular weight excluding hydrogens is 150 g/mol. The van der Waals surface area contributed by atoms with E-state index in [0.29, 0.717) is 6.10 Å². The van der Waals surface area contributed by atoms with E-state index in [0.717, 1.165) is 25.1 Å². The molecule has 0 aromatic carbocycles. The Morgan fingerprint density at radius 2 is 2.25 bits per heavy atom. The lowest BCUT2D eigenvalue weighted by atomic mass is 9.82. The number of hydrogen-bond acceptors (Lipinski definition) is 2. The number of ether oxygens (including phenoxy) is 1. The Hall–Kier alpha value is -0.0800. The molecule has 2 aliphatic rings. The summed E-state index contributed by atoms with van der Waals surface area (Å²) in [6.07, 6.45) is 5.87. The summed E-state index contributed by atoms with van der Waals surface area (Å²) in [6, 6.07) is 0.747. The van der Waals surface area contributed by atoms with Crippen molar-refractivity contribution >= 4 is 0 Å². The fourth-order valence-electron chi connectivity index (χ4n) is 2.69. The molecule has 12 heavy (non-hydrogen) atoms. The van der Waals surface area contributed by atoms with E-state index in [9.17, 15) is 0 Å². The number of fused-ring (bicyclic) bond motifs is 1. The highest BCUT2D eigenvalue weighted by atomic mass is 16.5. The molecule has 1 aliphatic heterocycles. The molecule has 1 saturated heterocycles. The molecule has 2 heteroatoms. The summed E-state index contributed by atoms with van der Waals surface area (Å²) in [7, 11) is 0. The van der Waals surface area contributed by atoms with Crippen molar-refractivity contribution in [3.8, 4) is 0 Å². The van der Waals surface area contributed by atoms with Crippen LogP contribution in [0.2, 0.25) is 0 Å². The molecule has 2 rings (SSSR count). The predicted octanol–water partition coefficient (Wildman–Crippen LogP) is 1.55. The van der Waals surface area contributed by atoms with Gasteiger partial charge in [0.15, 0.2) is 0 Å². The van der Waals surface area contributed by atoms with E-state index in [1.165, 1.54) is 25.7 Å². The maximum Gasteiger partial charge on any atom is 0.0619 e. The molecule has 2 nitrogen and oxygen atoms in total. The largest absolute Gasteiger partial charge is 0.378 e. The minimum Gasteiger partial charge on any atom is -0.378 e. The van der Waals surface area contributed by atoms with E-state index in [1.54, 1.807) is 0 Å². The lowest BCUT2D eigenvalue weighted by Gasteiger charge is -2.33. The van der Waals surface area contributed by atoms with Crippen molar-refractivity contribution in [3.05, 3.63) is 0 Å². The Morgan fingerprint density at radius 3 is 3.08 bits per heavy atom. The number of hydrogen-bond donors (Lipinski definition) is 1.